The summed E-state index contributed by atoms with van der Waals surface area (Å²) in [6.45, 7) is 3.45. The summed E-state index contributed by atoms with van der Waals surface area (Å²) in [6, 6.07) is 8.52. The maximum atomic E-state index is 5.50. The highest BCUT2D eigenvalue weighted by Crippen LogP contribution is 2.13. The molecule has 0 aromatic heterocycles. The van der Waals surface area contributed by atoms with Gasteiger partial charge in [-0.05, 0) is 30.9 Å². The number of ether oxygens (including phenoxy) is 2. The highest BCUT2D eigenvalue weighted by molar-refractivity contribution is 5.27. The maximum Gasteiger partial charge on any atom is 0.154 e. The van der Waals surface area contributed by atoms with Crippen LogP contribution in [0.2, 0.25) is 0 Å². The lowest BCUT2D eigenvalue weighted by Gasteiger charge is -2.11. The van der Waals surface area contributed by atoms with E-state index >= 15 is 0 Å². The van der Waals surface area contributed by atoms with E-state index in [2.05, 4.69) is 24.3 Å². The van der Waals surface area contributed by atoms with E-state index in [1.54, 1.807) is 0 Å². The minimum atomic E-state index is -0.0655. The Kier molecular flexibility index (Phi) is 3.17. The smallest absolute Gasteiger partial charge is 0.154 e. The maximum absolute atomic E-state index is 5.50. The molecule has 1 aliphatic rings. The van der Waals surface area contributed by atoms with Crippen molar-refractivity contribution >= 4 is 0 Å². The molecule has 0 radical (unpaired) electrons. The second-order valence-corrected chi connectivity index (χ2v) is 3.58. The minimum absolute atomic E-state index is 0.0655. The third-order valence-electron chi connectivity index (χ3n) is 2.57. The van der Waals surface area contributed by atoms with Crippen LogP contribution in [0.1, 0.15) is 18.1 Å². The third-order valence-corrected chi connectivity index (χ3v) is 2.57. The molecule has 0 saturated carbocycles. The molecule has 0 spiro atoms. The van der Waals surface area contributed by atoms with Gasteiger partial charge in [0, 0.05) is 0 Å². The fraction of sp³-hybridized carbons (Fsp3) is 0.500. The predicted molar refractivity (Wildman–Crippen MR) is 55.2 cm³/mol. The number of hydrogen-bond acceptors (Lipinski definition) is 2. The molecule has 1 aromatic carbocycles. The first-order valence-electron chi connectivity index (χ1n) is 5.16. The minimum Gasteiger partial charge on any atom is -0.353 e. The Labute approximate surface area is 84.8 Å². The van der Waals surface area contributed by atoms with E-state index in [0.717, 1.165) is 26.1 Å². The molecule has 0 aliphatic carbocycles. The van der Waals surface area contributed by atoms with Gasteiger partial charge in [-0.1, -0.05) is 24.3 Å². The number of rotatable bonds is 0. The van der Waals surface area contributed by atoms with Gasteiger partial charge in [0.25, 0.3) is 0 Å². The SMILES string of the molecule is CC1OCCc2ccccc2CCO1. The normalized spacial score (nSPS) is 19.2. The molecule has 0 unspecified atom stereocenters. The van der Waals surface area contributed by atoms with Crippen molar-refractivity contribution in [1.29, 1.82) is 0 Å². The van der Waals surface area contributed by atoms with Gasteiger partial charge in [-0.3, -0.25) is 0 Å². The number of fused-ring (bicyclic) bond motifs is 1. The summed E-state index contributed by atoms with van der Waals surface area (Å²) in [6.07, 6.45) is 1.91. The zero-order valence-corrected chi connectivity index (χ0v) is 8.53. The Morgan fingerprint density at radius 2 is 1.50 bits per heavy atom. The first kappa shape index (κ1) is 9.69. The van der Waals surface area contributed by atoms with Gasteiger partial charge in [0.2, 0.25) is 0 Å². The highest BCUT2D eigenvalue weighted by Gasteiger charge is 2.08. The Bertz CT molecular complexity index is 267. The first-order chi connectivity index (χ1) is 6.86. The van der Waals surface area contributed by atoms with Crippen molar-refractivity contribution in [2.75, 3.05) is 13.2 Å². The molecule has 0 fully saturated rings. The highest BCUT2D eigenvalue weighted by atomic mass is 16.7. The van der Waals surface area contributed by atoms with E-state index in [9.17, 15) is 0 Å². The lowest BCUT2D eigenvalue weighted by molar-refractivity contribution is -0.127. The van der Waals surface area contributed by atoms with Gasteiger partial charge in [-0.2, -0.15) is 0 Å². The Morgan fingerprint density at radius 1 is 1.00 bits per heavy atom. The van der Waals surface area contributed by atoms with Crippen molar-refractivity contribution in [1.82, 2.24) is 0 Å². The Morgan fingerprint density at radius 3 is 2.00 bits per heavy atom. The molecule has 1 aliphatic heterocycles. The van der Waals surface area contributed by atoms with Gasteiger partial charge in [0.1, 0.15) is 0 Å². The van der Waals surface area contributed by atoms with Gasteiger partial charge in [0.15, 0.2) is 6.29 Å². The summed E-state index contributed by atoms with van der Waals surface area (Å²) < 4.78 is 11.0. The van der Waals surface area contributed by atoms with Crippen LogP contribution >= 0.6 is 0 Å². The zero-order chi connectivity index (χ0) is 9.80. The van der Waals surface area contributed by atoms with Crippen molar-refractivity contribution in [3.63, 3.8) is 0 Å². The summed E-state index contributed by atoms with van der Waals surface area (Å²) >= 11 is 0. The van der Waals surface area contributed by atoms with E-state index in [4.69, 9.17) is 9.47 Å². The summed E-state index contributed by atoms with van der Waals surface area (Å²) in [4.78, 5) is 0. The van der Waals surface area contributed by atoms with Crippen LogP contribution in [0.25, 0.3) is 0 Å². The number of benzene rings is 1. The first-order valence-corrected chi connectivity index (χ1v) is 5.16. The van der Waals surface area contributed by atoms with E-state index in [0.29, 0.717) is 0 Å². The Balaban J connectivity index is 2.13. The van der Waals surface area contributed by atoms with Gasteiger partial charge in [0.05, 0.1) is 13.2 Å². The van der Waals surface area contributed by atoms with E-state index in [-0.39, 0.29) is 6.29 Å². The van der Waals surface area contributed by atoms with Crippen molar-refractivity contribution in [3.05, 3.63) is 35.4 Å². The van der Waals surface area contributed by atoms with Gasteiger partial charge < -0.3 is 9.47 Å². The molecule has 2 heteroatoms. The fourth-order valence-electron chi connectivity index (χ4n) is 1.76. The van der Waals surface area contributed by atoms with E-state index in [1.165, 1.54) is 11.1 Å². The predicted octanol–water partition coefficient (Wildman–Crippen LogP) is 2.16. The molecule has 2 nitrogen and oxygen atoms in total. The second-order valence-electron chi connectivity index (χ2n) is 3.58. The third kappa shape index (κ3) is 2.34. The van der Waals surface area contributed by atoms with Crippen LogP contribution in [0.4, 0.5) is 0 Å². The van der Waals surface area contributed by atoms with E-state index < -0.39 is 0 Å². The zero-order valence-electron chi connectivity index (χ0n) is 8.53. The standard InChI is InChI=1S/C12H16O2/c1-10-13-8-6-11-4-2-3-5-12(11)7-9-14-10/h2-5,10H,6-9H2,1H3. The molecule has 0 atom stereocenters. The van der Waals surface area contributed by atoms with Crippen LogP contribution in [0.15, 0.2) is 24.3 Å². The van der Waals surface area contributed by atoms with Crippen LogP contribution in [0.5, 0.6) is 0 Å². The molecule has 0 amide bonds. The topological polar surface area (TPSA) is 18.5 Å². The lowest BCUT2D eigenvalue weighted by atomic mass is 10.0. The summed E-state index contributed by atoms with van der Waals surface area (Å²) in [5.41, 5.74) is 2.79. The Hall–Kier alpha value is -0.860. The molecule has 1 heterocycles. The number of hydrogen-bond donors (Lipinski definition) is 0. The molecular weight excluding hydrogens is 176 g/mol. The summed E-state index contributed by atoms with van der Waals surface area (Å²) in [5.74, 6) is 0. The summed E-state index contributed by atoms with van der Waals surface area (Å²) in [5, 5.41) is 0. The van der Waals surface area contributed by atoms with Crippen LogP contribution < -0.4 is 0 Å². The molecule has 0 saturated heterocycles. The molecular formula is C12H16O2. The van der Waals surface area contributed by atoms with Crippen LogP contribution in [-0.2, 0) is 22.3 Å². The van der Waals surface area contributed by atoms with Gasteiger partial charge in [-0.15, -0.1) is 0 Å². The largest absolute Gasteiger partial charge is 0.353 e. The van der Waals surface area contributed by atoms with Crippen molar-refractivity contribution < 1.29 is 9.47 Å². The van der Waals surface area contributed by atoms with E-state index in [1.807, 2.05) is 6.92 Å². The second kappa shape index (κ2) is 4.58. The molecule has 0 N–H and O–H groups in total. The van der Waals surface area contributed by atoms with Crippen LogP contribution in [-0.4, -0.2) is 19.5 Å². The molecule has 14 heavy (non-hydrogen) atoms. The molecule has 0 bridgehead atoms. The quantitative estimate of drug-likeness (QED) is 0.627. The molecule has 1 aromatic rings. The van der Waals surface area contributed by atoms with Crippen molar-refractivity contribution in [3.8, 4) is 0 Å². The van der Waals surface area contributed by atoms with Crippen molar-refractivity contribution in [2.45, 2.75) is 26.1 Å². The summed E-state index contributed by atoms with van der Waals surface area (Å²) in [7, 11) is 0. The molecule has 76 valence electrons. The lowest BCUT2D eigenvalue weighted by Crippen LogP contribution is -2.14. The van der Waals surface area contributed by atoms with Crippen LogP contribution in [0.3, 0.4) is 0 Å². The van der Waals surface area contributed by atoms with Crippen LogP contribution in [0, 0.1) is 0 Å². The van der Waals surface area contributed by atoms with Gasteiger partial charge in [-0.25, -0.2) is 0 Å². The van der Waals surface area contributed by atoms with Gasteiger partial charge >= 0.3 is 0 Å². The average molecular weight is 192 g/mol. The van der Waals surface area contributed by atoms with Crippen molar-refractivity contribution in [2.24, 2.45) is 0 Å². The average Bonchev–Trinajstić information content (AvgIpc) is 2.28. The fourth-order valence-corrected chi connectivity index (χ4v) is 1.76. The molecule has 2 rings (SSSR count). The monoisotopic (exact) mass is 192 g/mol.